The average molecular weight is 948 g/mol. The zero-order valence-corrected chi connectivity index (χ0v) is 44.6. The van der Waals surface area contributed by atoms with E-state index in [0.717, 1.165) is 96.3 Å². The second-order valence-corrected chi connectivity index (χ2v) is 18.8. The van der Waals surface area contributed by atoms with Crippen molar-refractivity contribution in [2.24, 2.45) is 0 Å². The van der Waals surface area contributed by atoms with Crippen molar-refractivity contribution in [3.8, 4) is 0 Å². The van der Waals surface area contributed by atoms with E-state index in [1.54, 1.807) is 6.08 Å². The molecular formula is C62H106O6. The van der Waals surface area contributed by atoms with Crippen molar-refractivity contribution in [2.75, 3.05) is 13.2 Å². The van der Waals surface area contributed by atoms with E-state index >= 15 is 0 Å². The number of carbonyl (C=O) groups excluding carboxylic acids is 3. The van der Waals surface area contributed by atoms with Crippen molar-refractivity contribution in [2.45, 2.75) is 277 Å². The third-order valence-electron chi connectivity index (χ3n) is 12.2. The molecule has 0 saturated carbocycles. The molecule has 68 heavy (non-hydrogen) atoms. The van der Waals surface area contributed by atoms with E-state index in [-0.39, 0.29) is 31.6 Å². The van der Waals surface area contributed by atoms with E-state index in [2.05, 4.69) is 93.7 Å². The third-order valence-corrected chi connectivity index (χ3v) is 12.2. The number of ether oxygens (including phenoxy) is 3. The van der Waals surface area contributed by atoms with Gasteiger partial charge in [-0.05, 0) is 77.0 Å². The van der Waals surface area contributed by atoms with Gasteiger partial charge in [0.2, 0.25) is 0 Å². The number of hydrogen-bond acceptors (Lipinski definition) is 6. The summed E-state index contributed by atoms with van der Waals surface area (Å²) in [7, 11) is 0. The van der Waals surface area contributed by atoms with E-state index < -0.39 is 12.1 Å². The molecule has 0 aromatic heterocycles. The van der Waals surface area contributed by atoms with Crippen LogP contribution in [-0.4, -0.2) is 37.2 Å². The molecule has 0 aliphatic heterocycles. The summed E-state index contributed by atoms with van der Waals surface area (Å²) in [6.45, 7) is 6.42. The molecule has 1 atom stereocenters. The second-order valence-electron chi connectivity index (χ2n) is 18.8. The van der Waals surface area contributed by atoms with Crippen LogP contribution in [0, 0.1) is 0 Å². The molecule has 0 saturated heterocycles. The van der Waals surface area contributed by atoms with E-state index in [1.165, 1.54) is 135 Å². The maximum Gasteiger partial charge on any atom is 0.310 e. The lowest BCUT2D eigenvalue weighted by atomic mass is 10.0. The van der Waals surface area contributed by atoms with Gasteiger partial charge in [-0.1, -0.05) is 260 Å². The van der Waals surface area contributed by atoms with Crippen molar-refractivity contribution in [3.63, 3.8) is 0 Å². The maximum atomic E-state index is 12.8. The molecule has 0 rings (SSSR count). The first-order chi connectivity index (χ1) is 33.5. The minimum Gasteiger partial charge on any atom is -0.462 e. The Labute approximate surface area is 420 Å². The molecule has 0 heterocycles. The first-order valence-electron chi connectivity index (χ1n) is 28.6. The van der Waals surface area contributed by atoms with Gasteiger partial charge in [0.05, 0.1) is 6.42 Å². The van der Waals surface area contributed by atoms with E-state index in [4.69, 9.17) is 14.2 Å². The molecule has 0 N–H and O–H groups in total. The third kappa shape index (κ3) is 53.5. The molecule has 0 aromatic rings. The number of esters is 3. The van der Waals surface area contributed by atoms with E-state index in [9.17, 15) is 14.4 Å². The predicted molar refractivity (Wildman–Crippen MR) is 293 cm³/mol. The zero-order chi connectivity index (χ0) is 49.3. The lowest BCUT2D eigenvalue weighted by molar-refractivity contribution is -0.166. The average Bonchev–Trinajstić information content (AvgIpc) is 3.34. The highest BCUT2D eigenvalue weighted by Crippen LogP contribution is 2.16. The molecule has 0 aliphatic carbocycles. The molecule has 6 nitrogen and oxygen atoms in total. The molecule has 0 aliphatic rings. The van der Waals surface area contributed by atoms with Crippen molar-refractivity contribution < 1.29 is 28.6 Å². The summed E-state index contributed by atoms with van der Waals surface area (Å²) in [6, 6.07) is 0. The van der Waals surface area contributed by atoms with Crippen molar-refractivity contribution in [1.29, 1.82) is 0 Å². The molecule has 0 fully saturated rings. The standard InChI is InChI=1S/C62H106O6/c1-4-7-10-13-16-19-22-25-28-29-30-31-32-35-37-40-43-46-49-52-55-61(64)67-58-59(68-62(65)56-53-50-47-44-41-38-34-27-24-21-18-15-12-9-6-3)57-66-60(63)54-51-48-45-42-39-36-33-26-23-20-17-14-11-8-5-2/h9,12,17-18,20-21,26-27,33-34,41,44,50,53,59H,4-8,10-11,13-16,19,22-25,28-32,35-40,42-43,45-49,51-52,54-58H2,1-3H3/b12-9-,20-17-,21-18-,33-26-,34-27-,44-41-,53-50-. The lowest BCUT2D eigenvalue weighted by Gasteiger charge is -2.18. The minimum atomic E-state index is -0.836. The number of rotatable bonds is 51. The van der Waals surface area contributed by atoms with Gasteiger partial charge in [0.25, 0.3) is 0 Å². The smallest absolute Gasteiger partial charge is 0.310 e. The Morgan fingerprint density at radius 1 is 0.324 bits per heavy atom. The van der Waals surface area contributed by atoms with E-state index in [0.29, 0.717) is 12.8 Å². The highest BCUT2D eigenvalue weighted by Gasteiger charge is 2.19. The molecule has 390 valence electrons. The zero-order valence-electron chi connectivity index (χ0n) is 44.6. The van der Waals surface area contributed by atoms with Crippen LogP contribution in [0.5, 0.6) is 0 Å². The topological polar surface area (TPSA) is 78.9 Å². The highest BCUT2D eigenvalue weighted by molar-refractivity contribution is 5.72. The molecule has 0 radical (unpaired) electrons. The van der Waals surface area contributed by atoms with Gasteiger partial charge < -0.3 is 14.2 Å². The van der Waals surface area contributed by atoms with Crippen LogP contribution in [-0.2, 0) is 28.6 Å². The monoisotopic (exact) mass is 947 g/mol. The first-order valence-corrected chi connectivity index (χ1v) is 28.6. The van der Waals surface area contributed by atoms with Gasteiger partial charge in [0.1, 0.15) is 13.2 Å². The summed E-state index contributed by atoms with van der Waals surface area (Å²) >= 11 is 0. The Balaban J connectivity index is 4.45. The minimum absolute atomic E-state index is 0.0945. The summed E-state index contributed by atoms with van der Waals surface area (Å²) < 4.78 is 16.7. The first kappa shape index (κ1) is 64.6. The molecule has 0 bridgehead atoms. The van der Waals surface area contributed by atoms with Gasteiger partial charge in [0, 0.05) is 12.8 Å². The van der Waals surface area contributed by atoms with Crippen LogP contribution in [0.25, 0.3) is 0 Å². The summed E-state index contributed by atoms with van der Waals surface area (Å²) in [6.07, 6.45) is 73.2. The largest absolute Gasteiger partial charge is 0.462 e. The van der Waals surface area contributed by atoms with Gasteiger partial charge in [0.15, 0.2) is 6.10 Å². The SMILES string of the molecule is CC/C=C\C/C=C\C/C=C\C/C=C\C/C=C\CC(=O)OC(COC(=O)CCCCCCC/C=C\C/C=C\CCCCC)COC(=O)CCCCCCCCCCCCCCCCCCCCCC. The van der Waals surface area contributed by atoms with Crippen molar-refractivity contribution in [3.05, 3.63) is 85.1 Å². The fraction of sp³-hybridized carbons (Fsp3) is 0.726. The summed E-state index contributed by atoms with van der Waals surface area (Å²) in [5.41, 5.74) is 0. The molecule has 0 aromatic carbocycles. The number of unbranched alkanes of at least 4 members (excludes halogenated alkanes) is 27. The normalized spacial score (nSPS) is 12.7. The van der Waals surface area contributed by atoms with Crippen LogP contribution in [0.15, 0.2) is 85.1 Å². The predicted octanol–water partition coefficient (Wildman–Crippen LogP) is 19.2. The number of hydrogen-bond donors (Lipinski definition) is 0. The van der Waals surface area contributed by atoms with Crippen LogP contribution in [0.2, 0.25) is 0 Å². The number of carbonyl (C=O) groups is 3. The van der Waals surface area contributed by atoms with Gasteiger partial charge in [-0.25, -0.2) is 0 Å². The van der Waals surface area contributed by atoms with Crippen molar-refractivity contribution >= 4 is 17.9 Å². The Morgan fingerprint density at radius 2 is 0.618 bits per heavy atom. The van der Waals surface area contributed by atoms with Crippen LogP contribution in [0.1, 0.15) is 271 Å². The summed E-state index contributed by atoms with van der Waals surface area (Å²) in [5.74, 6) is -1.06. The molecule has 0 spiro atoms. The second kappa shape index (κ2) is 56.2. The molecule has 1 unspecified atom stereocenters. The maximum absolute atomic E-state index is 12.8. The van der Waals surface area contributed by atoms with Crippen LogP contribution < -0.4 is 0 Å². The van der Waals surface area contributed by atoms with Gasteiger partial charge >= 0.3 is 17.9 Å². The van der Waals surface area contributed by atoms with E-state index in [1.807, 2.05) is 6.08 Å². The Bertz CT molecular complexity index is 1320. The fourth-order valence-corrected chi connectivity index (χ4v) is 7.90. The number of allylic oxidation sites excluding steroid dienone is 13. The molecule has 0 amide bonds. The van der Waals surface area contributed by atoms with Gasteiger partial charge in [-0.2, -0.15) is 0 Å². The quantitative estimate of drug-likeness (QED) is 0.0262. The molecular weight excluding hydrogens is 841 g/mol. The van der Waals surface area contributed by atoms with Gasteiger partial charge in [-0.15, -0.1) is 0 Å². The summed E-state index contributed by atoms with van der Waals surface area (Å²) in [4.78, 5) is 38.1. The van der Waals surface area contributed by atoms with Crippen molar-refractivity contribution in [1.82, 2.24) is 0 Å². The van der Waals surface area contributed by atoms with Gasteiger partial charge in [-0.3, -0.25) is 14.4 Å². The Morgan fingerprint density at radius 3 is 1.00 bits per heavy atom. The lowest BCUT2D eigenvalue weighted by Crippen LogP contribution is -2.30. The summed E-state index contributed by atoms with van der Waals surface area (Å²) in [5, 5.41) is 0. The van der Waals surface area contributed by atoms with Crippen LogP contribution >= 0.6 is 0 Å². The van der Waals surface area contributed by atoms with Crippen LogP contribution in [0.3, 0.4) is 0 Å². The Hall–Kier alpha value is -3.41. The molecule has 6 heteroatoms. The van der Waals surface area contributed by atoms with Crippen LogP contribution in [0.4, 0.5) is 0 Å². The highest BCUT2D eigenvalue weighted by atomic mass is 16.6. The fourth-order valence-electron chi connectivity index (χ4n) is 7.90. The Kier molecular flexibility index (Phi) is 53.4.